The number of aromatic nitrogens is 1. The molecule has 3 aromatic carbocycles. The number of benzene rings is 3. The van der Waals surface area contributed by atoms with E-state index in [-0.39, 0.29) is 11.6 Å². The average Bonchev–Trinajstić information content (AvgIpc) is 3.29. The van der Waals surface area contributed by atoms with Crippen LogP contribution in [0, 0.1) is 0 Å². The molecule has 0 spiro atoms. The van der Waals surface area contributed by atoms with Crippen molar-refractivity contribution in [3.05, 3.63) is 139 Å². The molecule has 194 valence electrons. The highest BCUT2D eigenvalue weighted by molar-refractivity contribution is 7.07. The van der Waals surface area contributed by atoms with Crippen molar-refractivity contribution in [2.45, 2.75) is 18.9 Å². The summed E-state index contributed by atoms with van der Waals surface area (Å²) in [5, 5.41) is 0. The van der Waals surface area contributed by atoms with Crippen LogP contribution < -0.4 is 19.6 Å². The highest BCUT2D eigenvalue weighted by Crippen LogP contribution is 2.41. The van der Waals surface area contributed by atoms with Crippen molar-refractivity contribution in [3.63, 3.8) is 0 Å². The second kappa shape index (κ2) is 10.3. The van der Waals surface area contributed by atoms with E-state index in [1.807, 2.05) is 48.5 Å². The van der Waals surface area contributed by atoms with Gasteiger partial charge in [0, 0.05) is 11.1 Å². The number of hydrogen-bond acceptors (Lipinski definition) is 6. The van der Waals surface area contributed by atoms with Gasteiger partial charge in [0.05, 0.1) is 28.9 Å². The third-order valence-corrected chi connectivity index (χ3v) is 8.07. The molecule has 1 atom stereocenters. The van der Waals surface area contributed by atoms with Crippen LogP contribution >= 0.6 is 11.3 Å². The minimum absolute atomic E-state index is 0.107. The number of aryl methyl sites for hydroxylation is 1. The molecule has 1 unspecified atom stereocenters. The van der Waals surface area contributed by atoms with Gasteiger partial charge in [-0.2, -0.15) is 0 Å². The molecular weight excluding hydrogens is 508 g/mol. The number of thiazole rings is 1. The Bertz CT molecular complexity index is 1810. The second-order valence-electron chi connectivity index (χ2n) is 9.36. The van der Waals surface area contributed by atoms with E-state index in [0.29, 0.717) is 27.3 Å². The average molecular weight is 535 g/mol. The Morgan fingerprint density at radius 2 is 1.85 bits per heavy atom. The topological polar surface area (TPSA) is 69.9 Å². The number of allylic oxidation sites excluding steroid dienone is 1. The number of ether oxygens (including phenoxy) is 2. The summed E-state index contributed by atoms with van der Waals surface area (Å²) in [6.45, 7) is 4.10. The molecule has 0 amide bonds. The summed E-state index contributed by atoms with van der Waals surface area (Å²) >= 11 is 1.37. The summed E-state index contributed by atoms with van der Waals surface area (Å²) in [5.41, 5.74) is 6.50. The van der Waals surface area contributed by atoms with E-state index in [2.05, 4.69) is 24.8 Å². The lowest BCUT2D eigenvalue weighted by atomic mass is 9.83. The lowest BCUT2D eigenvalue weighted by Crippen LogP contribution is -2.38. The third-order valence-electron chi connectivity index (χ3n) is 7.08. The van der Waals surface area contributed by atoms with Crippen LogP contribution in [-0.2, 0) is 11.2 Å². The van der Waals surface area contributed by atoms with Crippen LogP contribution in [-0.4, -0.2) is 24.3 Å². The zero-order valence-corrected chi connectivity index (χ0v) is 22.2. The van der Waals surface area contributed by atoms with Crippen LogP contribution in [0.5, 0.6) is 5.75 Å². The molecule has 0 saturated heterocycles. The van der Waals surface area contributed by atoms with E-state index < -0.39 is 5.97 Å². The first kappa shape index (κ1) is 24.8. The molecule has 7 heteroatoms. The quantitative estimate of drug-likeness (QED) is 0.266. The molecule has 0 radical (unpaired) electrons. The minimum Gasteiger partial charge on any atom is -0.489 e. The van der Waals surface area contributed by atoms with Gasteiger partial charge in [-0.3, -0.25) is 9.36 Å². The van der Waals surface area contributed by atoms with Crippen molar-refractivity contribution in [1.29, 1.82) is 0 Å². The van der Waals surface area contributed by atoms with Gasteiger partial charge in [-0.25, -0.2) is 9.79 Å². The predicted molar refractivity (Wildman–Crippen MR) is 153 cm³/mol. The molecule has 1 aromatic heterocycles. The molecule has 0 saturated carbocycles. The first-order chi connectivity index (χ1) is 19.1. The van der Waals surface area contributed by atoms with E-state index in [9.17, 15) is 9.59 Å². The van der Waals surface area contributed by atoms with Gasteiger partial charge >= 0.3 is 5.97 Å². The molecule has 2 heterocycles. The normalized spacial score (nSPS) is 16.0. The summed E-state index contributed by atoms with van der Waals surface area (Å²) in [5.74, 6) is 0.292. The fourth-order valence-corrected chi connectivity index (χ4v) is 6.25. The van der Waals surface area contributed by atoms with Crippen molar-refractivity contribution >= 4 is 29.1 Å². The Balaban J connectivity index is 1.56. The summed E-state index contributed by atoms with van der Waals surface area (Å²) in [6, 6.07) is 23.0. The largest absolute Gasteiger partial charge is 0.489 e. The van der Waals surface area contributed by atoms with Crippen LogP contribution in [0.25, 0.3) is 11.8 Å². The van der Waals surface area contributed by atoms with E-state index in [0.717, 1.165) is 40.8 Å². The van der Waals surface area contributed by atoms with Gasteiger partial charge in [0.15, 0.2) is 4.80 Å². The minimum atomic E-state index is -0.394. The fraction of sp³-hybridized carbons (Fsp3) is 0.156. The first-order valence-electron chi connectivity index (χ1n) is 12.7. The number of hydrogen-bond donors (Lipinski definition) is 0. The van der Waals surface area contributed by atoms with Crippen molar-refractivity contribution in [1.82, 2.24) is 4.57 Å². The maximum atomic E-state index is 14.0. The van der Waals surface area contributed by atoms with E-state index >= 15 is 0 Å². The predicted octanol–water partition coefficient (Wildman–Crippen LogP) is 4.67. The summed E-state index contributed by atoms with van der Waals surface area (Å²) in [7, 11) is 1.37. The van der Waals surface area contributed by atoms with Crippen LogP contribution in [0.15, 0.2) is 101 Å². The zero-order valence-electron chi connectivity index (χ0n) is 21.4. The molecular formula is C32H26N2O4S. The number of nitrogens with zero attached hydrogens (tertiary/aromatic N) is 2. The van der Waals surface area contributed by atoms with Crippen molar-refractivity contribution in [2.24, 2.45) is 4.99 Å². The fourth-order valence-electron chi connectivity index (χ4n) is 5.26. The number of carbonyl (C=O) groups excluding carboxylic acids is 1. The van der Waals surface area contributed by atoms with Gasteiger partial charge in [-0.05, 0) is 53.8 Å². The Labute approximate surface area is 229 Å². The van der Waals surface area contributed by atoms with Crippen molar-refractivity contribution in [2.75, 3.05) is 13.7 Å². The number of para-hydroxylation sites is 1. The Kier molecular flexibility index (Phi) is 6.59. The molecule has 0 N–H and O–H groups in total. The van der Waals surface area contributed by atoms with Gasteiger partial charge in [-0.1, -0.05) is 78.6 Å². The second-order valence-corrected chi connectivity index (χ2v) is 10.4. The molecule has 1 aliphatic carbocycles. The van der Waals surface area contributed by atoms with Gasteiger partial charge in [0.2, 0.25) is 0 Å². The van der Waals surface area contributed by atoms with Gasteiger partial charge in [0.1, 0.15) is 12.4 Å². The zero-order chi connectivity index (χ0) is 26.9. The highest BCUT2D eigenvalue weighted by atomic mass is 32.1. The van der Waals surface area contributed by atoms with Crippen molar-refractivity contribution < 1.29 is 14.3 Å². The molecule has 4 aromatic rings. The monoisotopic (exact) mass is 534 g/mol. The van der Waals surface area contributed by atoms with Crippen LogP contribution in [0.3, 0.4) is 0 Å². The van der Waals surface area contributed by atoms with E-state index in [4.69, 9.17) is 14.5 Å². The van der Waals surface area contributed by atoms with Gasteiger partial charge in [0.25, 0.3) is 5.56 Å². The number of methoxy groups -OCH3 is 1. The summed E-state index contributed by atoms with van der Waals surface area (Å²) < 4.78 is 13.1. The summed E-state index contributed by atoms with van der Waals surface area (Å²) in [6.07, 6.45) is 5.23. The van der Waals surface area contributed by atoms with Crippen LogP contribution in [0.2, 0.25) is 0 Å². The maximum absolute atomic E-state index is 14.0. The Morgan fingerprint density at radius 1 is 1.08 bits per heavy atom. The molecule has 1 aliphatic heterocycles. The van der Waals surface area contributed by atoms with Gasteiger partial charge < -0.3 is 9.47 Å². The maximum Gasteiger partial charge on any atom is 0.337 e. The molecule has 6 rings (SSSR count). The number of esters is 1. The molecule has 0 fully saturated rings. The van der Waals surface area contributed by atoms with Gasteiger partial charge in [-0.15, -0.1) is 0 Å². The lowest BCUT2D eigenvalue weighted by molar-refractivity contribution is 0.0600. The third kappa shape index (κ3) is 4.45. The highest BCUT2D eigenvalue weighted by Gasteiger charge is 2.32. The van der Waals surface area contributed by atoms with Crippen LogP contribution in [0.4, 0.5) is 0 Å². The Hall–Kier alpha value is -4.49. The Morgan fingerprint density at radius 3 is 2.64 bits per heavy atom. The smallest absolute Gasteiger partial charge is 0.337 e. The molecule has 0 bridgehead atoms. The molecule has 6 nitrogen and oxygen atoms in total. The van der Waals surface area contributed by atoms with E-state index in [1.165, 1.54) is 24.0 Å². The number of fused-ring (bicyclic) bond motifs is 3. The first-order valence-corrected chi connectivity index (χ1v) is 13.5. The van der Waals surface area contributed by atoms with Crippen molar-refractivity contribution in [3.8, 4) is 5.75 Å². The lowest BCUT2D eigenvalue weighted by Gasteiger charge is -2.30. The molecule has 39 heavy (non-hydrogen) atoms. The number of carbonyl (C=O) groups is 1. The van der Waals surface area contributed by atoms with E-state index in [1.54, 1.807) is 22.8 Å². The standard InChI is InChI=1S/C32H26N2O4S/c1-3-18-38-26-11-7-5-9-23(26)19-27-30(35)34-29(21-12-14-22(15-13-21)31(36)37-2)25-17-16-20-8-4-6-10-24(20)28(25)33-32(34)39-27/h3-15,19,29H,1,16-18H2,2H3. The SMILES string of the molecule is C=CCOc1ccccc1C=c1sc2n(c1=O)C(c1ccc(C(=O)OC)cc1)C1=C(N=2)c2ccccc2CC1. The summed E-state index contributed by atoms with van der Waals surface area (Å²) in [4.78, 5) is 31.8. The molecule has 2 aliphatic rings. The number of rotatable bonds is 6. The van der Waals surface area contributed by atoms with Crippen LogP contribution in [0.1, 0.15) is 45.1 Å².